The van der Waals surface area contributed by atoms with Gasteiger partial charge in [0, 0.05) is 50.2 Å². The van der Waals surface area contributed by atoms with E-state index in [0.717, 1.165) is 5.01 Å². The van der Waals surface area contributed by atoms with E-state index in [1.165, 1.54) is 29.8 Å². The molecule has 0 unspecified atom stereocenters. The Morgan fingerprint density at radius 2 is 1.77 bits per heavy atom. The van der Waals surface area contributed by atoms with Crippen LogP contribution < -0.4 is 16.4 Å². The Morgan fingerprint density at radius 1 is 1.03 bits per heavy atom. The Kier molecular flexibility index (Phi) is 6.98. The average molecular weight is 514 g/mol. The van der Waals surface area contributed by atoms with Crippen molar-refractivity contribution in [3.63, 3.8) is 0 Å². The minimum absolute atomic E-state index is 0.250. The Hall–Kier alpha value is -3.97. The van der Waals surface area contributed by atoms with Gasteiger partial charge in [-0.25, -0.2) is 14.8 Å². The predicted octanol–water partition coefficient (Wildman–Crippen LogP) is 2.54. The zero-order chi connectivity index (χ0) is 25.1. The molecule has 0 bridgehead atoms. The molecule has 35 heavy (non-hydrogen) atoms. The van der Waals surface area contributed by atoms with Crippen LogP contribution in [0.4, 0.5) is 11.4 Å². The van der Waals surface area contributed by atoms with E-state index in [1.807, 2.05) is 5.38 Å². The van der Waals surface area contributed by atoms with Crippen LogP contribution in [0.5, 0.6) is 0 Å². The van der Waals surface area contributed by atoms with Gasteiger partial charge in [0.2, 0.25) is 0 Å². The quantitative estimate of drug-likeness (QED) is 0.307. The number of hydrogen-bond acceptors (Lipinski definition) is 9. The normalized spacial score (nSPS) is 10.8. The van der Waals surface area contributed by atoms with Gasteiger partial charge in [0.05, 0.1) is 23.5 Å². The fraction of sp³-hybridized carbons (Fsp3) is 0.227. The molecule has 0 aliphatic rings. The molecule has 4 rings (SSSR count). The fourth-order valence-corrected chi connectivity index (χ4v) is 4.96. The van der Waals surface area contributed by atoms with Gasteiger partial charge in [0.15, 0.2) is 5.69 Å². The lowest BCUT2D eigenvalue weighted by atomic mass is 10.3. The first kappa shape index (κ1) is 24.2. The molecule has 4 aromatic rings. The third-order valence-electron chi connectivity index (χ3n) is 5.05. The molecule has 0 saturated heterocycles. The van der Waals surface area contributed by atoms with Crippen LogP contribution in [0.3, 0.4) is 0 Å². The van der Waals surface area contributed by atoms with Crippen LogP contribution in [0.2, 0.25) is 0 Å². The topological polar surface area (TPSA) is 146 Å². The van der Waals surface area contributed by atoms with Crippen LogP contribution in [0.15, 0.2) is 35.3 Å². The van der Waals surface area contributed by atoms with E-state index < -0.39 is 5.97 Å². The Labute approximate surface area is 208 Å². The van der Waals surface area contributed by atoms with Crippen LogP contribution in [-0.2, 0) is 25.3 Å². The summed E-state index contributed by atoms with van der Waals surface area (Å²) in [5.41, 5.74) is 8.49. The molecule has 2 amide bonds. The van der Waals surface area contributed by atoms with E-state index in [4.69, 9.17) is 5.73 Å². The first-order valence-electron chi connectivity index (χ1n) is 10.4. The van der Waals surface area contributed by atoms with Crippen LogP contribution in [0.1, 0.15) is 36.5 Å². The number of methoxy groups -OCH3 is 1. The molecule has 0 aliphatic carbocycles. The summed E-state index contributed by atoms with van der Waals surface area (Å²) in [6, 6.07) is 3.20. The molecule has 4 N–H and O–H groups in total. The zero-order valence-electron chi connectivity index (χ0n) is 19.2. The molecule has 4 heterocycles. The van der Waals surface area contributed by atoms with Crippen LogP contribution in [-0.4, -0.2) is 50.5 Å². The highest BCUT2D eigenvalue weighted by molar-refractivity contribution is 7.14. The number of ether oxygens (including phenoxy) is 1. The maximum Gasteiger partial charge on any atom is 0.357 e. The number of amides is 2. The smallest absolute Gasteiger partial charge is 0.357 e. The molecule has 0 aliphatic heterocycles. The number of nitrogen functional groups attached to an aromatic ring is 1. The second-order valence-electron chi connectivity index (χ2n) is 7.61. The number of thiazole rings is 2. The standard InChI is InChI=1S/C22H23N7O4S2/c1-28-8-12(23)6-16(28)20(31)25-13-7-17(29(2)9-13)19(30)24-5-4-18-26-14(10-34-18)21-27-15(11-35-21)22(32)33-3/h6-11H,4-5,23H2,1-3H3,(H,24,30)(H,25,31). The van der Waals surface area contributed by atoms with Gasteiger partial charge in [-0.05, 0) is 12.1 Å². The molecule has 13 heteroatoms. The summed E-state index contributed by atoms with van der Waals surface area (Å²) in [5.74, 6) is -1.07. The number of carbonyl (C=O) groups excluding carboxylic acids is 3. The van der Waals surface area contributed by atoms with E-state index in [2.05, 4.69) is 25.3 Å². The highest BCUT2D eigenvalue weighted by Crippen LogP contribution is 2.26. The van der Waals surface area contributed by atoms with Crippen molar-refractivity contribution in [2.24, 2.45) is 14.1 Å². The number of carbonyl (C=O) groups is 3. The van der Waals surface area contributed by atoms with Crippen molar-refractivity contribution in [3.8, 4) is 10.7 Å². The lowest BCUT2D eigenvalue weighted by Crippen LogP contribution is -2.27. The number of aryl methyl sites for hydroxylation is 2. The van der Waals surface area contributed by atoms with Gasteiger partial charge in [-0.15, -0.1) is 22.7 Å². The summed E-state index contributed by atoms with van der Waals surface area (Å²) in [6.07, 6.45) is 3.86. The van der Waals surface area contributed by atoms with Gasteiger partial charge in [-0.3, -0.25) is 9.59 Å². The molecule has 182 valence electrons. The Morgan fingerprint density at radius 3 is 2.49 bits per heavy atom. The Balaban J connectivity index is 1.32. The van der Waals surface area contributed by atoms with Crippen molar-refractivity contribution in [2.75, 3.05) is 24.7 Å². The molecule has 0 atom stereocenters. The van der Waals surface area contributed by atoms with Gasteiger partial charge in [0.25, 0.3) is 11.8 Å². The highest BCUT2D eigenvalue weighted by Gasteiger charge is 2.17. The lowest BCUT2D eigenvalue weighted by molar-refractivity contribution is 0.0594. The summed E-state index contributed by atoms with van der Waals surface area (Å²) >= 11 is 2.77. The predicted molar refractivity (Wildman–Crippen MR) is 134 cm³/mol. The van der Waals surface area contributed by atoms with E-state index in [0.29, 0.717) is 46.4 Å². The van der Waals surface area contributed by atoms with Gasteiger partial charge in [-0.1, -0.05) is 0 Å². The van der Waals surface area contributed by atoms with Crippen LogP contribution in [0, 0.1) is 0 Å². The maximum absolute atomic E-state index is 12.7. The minimum atomic E-state index is -0.487. The van der Waals surface area contributed by atoms with Crippen molar-refractivity contribution >= 4 is 51.8 Å². The van der Waals surface area contributed by atoms with Crippen LogP contribution >= 0.6 is 22.7 Å². The minimum Gasteiger partial charge on any atom is -0.464 e. The molecule has 0 saturated carbocycles. The molecule has 0 fully saturated rings. The number of anilines is 2. The van der Waals surface area contributed by atoms with Gasteiger partial charge in [-0.2, -0.15) is 0 Å². The summed E-state index contributed by atoms with van der Waals surface area (Å²) in [5, 5.41) is 10.6. The SMILES string of the molecule is COC(=O)c1csc(-c2csc(CCNC(=O)c3cc(NC(=O)c4cc(N)cn4C)cn3C)n2)n1. The van der Waals surface area contributed by atoms with E-state index >= 15 is 0 Å². The molecular formula is C22H23N7O4S2. The first-order valence-corrected chi connectivity index (χ1v) is 12.2. The summed E-state index contributed by atoms with van der Waals surface area (Å²) < 4.78 is 7.96. The summed E-state index contributed by atoms with van der Waals surface area (Å²) in [7, 11) is 4.77. The van der Waals surface area contributed by atoms with E-state index in [9.17, 15) is 14.4 Å². The molecule has 0 radical (unpaired) electrons. The molecule has 11 nitrogen and oxygen atoms in total. The van der Waals surface area contributed by atoms with E-state index in [-0.39, 0.29) is 17.5 Å². The number of hydrogen-bond donors (Lipinski definition) is 3. The Bertz CT molecular complexity index is 1400. The van der Waals surface area contributed by atoms with Crippen molar-refractivity contribution in [1.29, 1.82) is 0 Å². The molecule has 0 aromatic carbocycles. The van der Waals surface area contributed by atoms with Crippen molar-refractivity contribution in [3.05, 3.63) is 57.4 Å². The number of nitrogens with two attached hydrogens (primary N) is 1. The monoisotopic (exact) mass is 513 g/mol. The maximum atomic E-state index is 12.7. The number of nitrogens with one attached hydrogen (secondary N) is 2. The highest BCUT2D eigenvalue weighted by atomic mass is 32.1. The summed E-state index contributed by atoms with van der Waals surface area (Å²) in [6.45, 7) is 0.382. The number of rotatable bonds is 8. The zero-order valence-corrected chi connectivity index (χ0v) is 20.8. The second-order valence-corrected chi connectivity index (χ2v) is 9.41. The average Bonchev–Trinajstić information content (AvgIpc) is 3.60. The van der Waals surface area contributed by atoms with Crippen molar-refractivity contribution < 1.29 is 19.1 Å². The van der Waals surface area contributed by atoms with Gasteiger partial charge < -0.3 is 30.2 Å². The summed E-state index contributed by atoms with van der Waals surface area (Å²) in [4.78, 5) is 45.5. The second kappa shape index (κ2) is 10.1. The molecule has 0 spiro atoms. The largest absolute Gasteiger partial charge is 0.464 e. The van der Waals surface area contributed by atoms with Crippen LogP contribution in [0.25, 0.3) is 10.7 Å². The first-order chi connectivity index (χ1) is 16.7. The fourth-order valence-electron chi connectivity index (χ4n) is 3.36. The van der Waals surface area contributed by atoms with Gasteiger partial charge in [0.1, 0.15) is 22.1 Å². The molecule has 4 aromatic heterocycles. The number of aromatic nitrogens is 4. The number of nitrogens with zero attached hydrogens (tertiary/aromatic N) is 4. The lowest BCUT2D eigenvalue weighted by Gasteiger charge is -2.04. The van der Waals surface area contributed by atoms with Crippen molar-refractivity contribution in [1.82, 2.24) is 24.4 Å². The van der Waals surface area contributed by atoms with E-state index in [1.54, 1.807) is 53.1 Å². The van der Waals surface area contributed by atoms with Gasteiger partial charge >= 0.3 is 5.97 Å². The third-order valence-corrected chi connectivity index (χ3v) is 6.82. The third kappa shape index (κ3) is 5.41. The number of esters is 1. The molecular weight excluding hydrogens is 490 g/mol. The van der Waals surface area contributed by atoms with Crippen molar-refractivity contribution in [2.45, 2.75) is 6.42 Å².